The minimum absolute atomic E-state index is 0. The maximum absolute atomic E-state index is 13.0. The molecule has 1 saturated heterocycles. The second-order valence-corrected chi connectivity index (χ2v) is 7.69. The highest BCUT2D eigenvalue weighted by Crippen LogP contribution is 2.59. The van der Waals surface area contributed by atoms with E-state index in [0.717, 1.165) is 26.1 Å². The van der Waals surface area contributed by atoms with Gasteiger partial charge in [-0.2, -0.15) is 0 Å². The van der Waals surface area contributed by atoms with Crippen LogP contribution in [0.15, 0.2) is 0 Å². The Kier molecular flexibility index (Phi) is 5.59. The van der Waals surface area contributed by atoms with Crippen molar-refractivity contribution in [2.75, 3.05) is 19.6 Å². The van der Waals surface area contributed by atoms with Gasteiger partial charge in [-0.05, 0) is 56.5 Å². The molecular weight excluding hydrogens is 284 g/mol. The zero-order valence-corrected chi connectivity index (χ0v) is 14.4. The van der Waals surface area contributed by atoms with Crippen LogP contribution >= 0.6 is 12.4 Å². The summed E-state index contributed by atoms with van der Waals surface area (Å²) in [6.07, 6.45) is 8.68. The molecule has 0 radical (unpaired) electrons. The summed E-state index contributed by atoms with van der Waals surface area (Å²) in [6, 6.07) is 0.546. The average Bonchev–Trinajstić information content (AvgIpc) is 2.90. The van der Waals surface area contributed by atoms with Gasteiger partial charge in [-0.15, -0.1) is 12.4 Å². The largest absolute Gasteiger partial charge is 0.339 e. The molecule has 3 fully saturated rings. The van der Waals surface area contributed by atoms with E-state index in [2.05, 4.69) is 24.1 Å². The number of hydrogen-bond acceptors (Lipinski definition) is 2. The van der Waals surface area contributed by atoms with Gasteiger partial charge in [0.25, 0.3) is 0 Å². The molecule has 1 amide bonds. The summed E-state index contributed by atoms with van der Waals surface area (Å²) in [5.41, 5.74) is 0.385. The van der Waals surface area contributed by atoms with Gasteiger partial charge in [0.1, 0.15) is 0 Å². The number of hydrogen-bond donors (Lipinski definition) is 1. The van der Waals surface area contributed by atoms with E-state index in [1.54, 1.807) is 0 Å². The Hall–Kier alpha value is -0.280. The Balaban J connectivity index is 0.00000161. The van der Waals surface area contributed by atoms with Crippen molar-refractivity contribution in [1.82, 2.24) is 10.2 Å². The van der Waals surface area contributed by atoms with Crippen LogP contribution < -0.4 is 5.32 Å². The van der Waals surface area contributed by atoms with Crippen LogP contribution in [0.1, 0.15) is 58.8 Å². The molecule has 122 valence electrons. The fourth-order valence-electron chi connectivity index (χ4n) is 4.40. The molecule has 0 aromatic rings. The van der Waals surface area contributed by atoms with Crippen molar-refractivity contribution < 1.29 is 4.79 Å². The summed E-state index contributed by atoms with van der Waals surface area (Å²) in [5.74, 6) is 1.43. The molecule has 3 nitrogen and oxygen atoms in total. The normalized spacial score (nSPS) is 27.7. The first-order valence-electron chi connectivity index (χ1n) is 8.63. The van der Waals surface area contributed by atoms with E-state index in [1.807, 2.05) is 0 Å². The van der Waals surface area contributed by atoms with Gasteiger partial charge in [0.15, 0.2) is 0 Å². The van der Waals surface area contributed by atoms with Crippen LogP contribution in [0.5, 0.6) is 0 Å². The molecule has 1 heterocycles. The number of piperidine rings is 1. The quantitative estimate of drug-likeness (QED) is 0.864. The lowest BCUT2D eigenvalue weighted by Crippen LogP contribution is -2.43. The minimum atomic E-state index is 0. The van der Waals surface area contributed by atoms with Crippen molar-refractivity contribution in [1.29, 1.82) is 0 Å². The molecule has 1 N–H and O–H groups in total. The lowest BCUT2D eigenvalue weighted by atomic mass is 9.91. The molecule has 2 saturated carbocycles. The zero-order chi connectivity index (χ0) is 14.2. The minimum Gasteiger partial charge on any atom is -0.339 e. The standard InChI is InChI=1S/C17H30N2O.ClH/c1-13(2)12-19(14-5-3-4-6-14)16(20)15-11-17(15)7-9-18-10-8-17;/h13-15,18H,3-12H2,1-2H3;1H. The molecule has 1 spiro atoms. The van der Waals surface area contributed by atoms with Crippen LogP contribution in [0.2, 0.25) is 0 Å². The third-order valence-electron chi connectivity index (χ3n) is 5.70. The molecule has 1 unspecified atom stereocenters. The van der Waals surface area contributed by atoms with Gasteiger partial charge in [0, 0.05) is 18.5 Å². The first kappa shape index (κ1) is 17.1. The van der Waals surface area contributed by atoms with Crippen LogP contribution in [0, 0.1) is 17.3 Å². The van der Waals surface area contributed by atoms with E-state index >= 15 is 0 Å². The summed E-state index contributed by atoms with van der Waals surface area (Å²) >= 11 is 0. The average molecular weight is 315 g/mol. The third-order valence-corrected chi connectivity index (χ3v) is 5.70. The Morgan fingerprint density at radius 3 is 2.43 bits per heavy atom. The summed E-state index contributed by atoms with van der Waals surface area (Å²) in [5, 5.41) is 3.43. The third kappa shape index (κ3) is 3.56. The van der Waals surface area contributed by atoms with Crippen molar-refractivity contribution in [3.8, 4) is 0 Å². The Morgan fingerprint density at radius 2 is 1.86 bits per heavy atom. The van der Waals surface area contributed by atoms with Gasteiger partial charge < -0.3 is 10.2 Å². The molecule has 3 aliphatic rings. The first-order valence-corrected chi connectivity index (χ1v) is 8.63. The summed E-state index contributed by atoms with van der Waals surface area (Å²) in [6.45, 7) is 7.66. The molecule has 2 aliphatic carbocycles. The van der Waals surface area contributed by atoms with E-state index in [1.165, 1.54) is 38.5 Å². The Bertz CT molecular complexity index is 360. The Morgan fingerprint density at radius 1 is 1.24 bits per heavy atom. The number of rotatable bonds is 4. The highest BCUT2D eigenvalue weighted by atomic mass is 35.5. The highest BCUT2D eigenvalue weighted by molar-refractivity contribution is 5.85. The SMILES string of the molecule is CC(C)CN(C(=O)C1CC12CCNCC2)C1CCCC1.Cl. The van der Waals surface area contributed by atoms with Gasteiger partial charge in [-0.3, -0.25) is 4.79 Å². The topological polar surface area (TPSA) is 32.3 Å². The number of nitrogens with one attached hydrogen (secondary N) is 1. The van der Waals surface area contributed by atoms with E-state index in [0.29, 0.717) is 29.2 Å². The number of carbonyl (C=O) groups excluding carboxylic acids is 1. The van der Waals surface area contributed by atoms with E-state index in [4.69, 9.17) is 0 Å². The second-order valence-electron chi connectivity index (χ2n) is 7.69. The number of halogens is 1. The van der Waals surface area contributed by atoms with E-state index < -0.39 is 0 Å². The van der Waals surface area contributed by atoms with Crippen molar-refractivity contribution in [2.24, 2.45) is 17.3 Å². The smallest absolute Gasteiger partial charge is 0.226 e. The van der Waals surface area contributed by atoms with Gasteiger partial charge in [0.05, 0.1) is 0 Å². The fourth-order valence-corrected chi connectivity index (χ4v) is 4.40. The fraction of sp³-hybridized carbons (Fsp3) is 0.941. The van der Waals surface area contributed by atoms with Crippen molar-refractivity contribution in [3.05, 3.63) is 0 Å². The molecular formula is C17H31ClN2O. The van der Waals surface area contributed by atoms with Crippen molar-refractivity contribution >= 4 is 18.3 Å². The maximum atomic E-state index is 13.0. The van der Waals surface area contributed by atoms with Crippen molar-refractivity contribution in [2.45, 2.75) is 64.8 Å². The molecule has 3 rings (SSSR count). The van der Waals surface area contributed by atoms with Crippen LogP contribution in [0.4, 0.5) is 0 Å². The number of amides is 1. The number of nitrogens with zero attached hydrogens (tertiary/aromatic N) is 1. The lowest BCUT2D eigenvalue weighted by molar-refractivity contribution is -0.136. The van der Waals surface area contributed by atoms with E-state index in [-0.39, 0.29) is 12.4 Å². The second kappa shape index (κ2) is 6.87. The van der Waals surface area contributed by atoms with Crippen LogP contribution in [0.25, 0.3) is 0 Å². The van der Waals surface area contributed by atoms with Gasteiger partial charge in [0.2, 0.25) is 5.91 Å². The summed E-state index contributed by atoms with van der Waals surface area (Å²) in [7, 11) is 0. The molecule has 0 aromatic heterocycles. The molecule has 0 bridgehead atoms. The molecule has 21 heavy (non-hydrogen) atoms. The van der Waals surface area contributed by atoms with Gasteiger partial charge in [-0.1, -0.05) is 26.7 Å². The predicted octanol–water partition coefficient (Wildman–Crippen LogP) is 3.23. The monoisotopic (exact) mass is 314 g/mol. The summed E-state index contributed by atoms with van der Waals surface area (Å²) in [4.78, 5) is 15.3. The lowest BCUT2D eigenvalue weighted by Gasteiger charge is -2.32. The van der Waals surface area contributed by atoms with Crippen LogP contribution in [-0.2, 0) is 4.79 Å². The molecule has 4 heteroatoms. The molecule has 0 aromatic carbocycles. The highest BCUT2D eigenvalue weighted by Gasteiger charge is 2.59. The zero-order valence-electron chi connectivity index (χ0n) is 13.6. The maximum Gasteiger partial charge on any atom is 0.226 e. The molecule has 1 aliphatic heterocycles. The van der Waals surface area contributed by atoms with Gasteiger partial charge >= 0.3 is 0 Å². The number of carbonyl (C=O) groups is 1. The van der Waals surface area contributed by atoms with Gasteiger partial charge in [-0.25, -0.2) is 0 Å². The van der Waals surface area contributed by atoms with E-state index in [9.17, 15) is 4.79 Å². The Labute approximate surface area is 135 Å². The summed E-state index contributed by atoms with van der Waals surface area (Å²) < 4.78 is 0. The molecule has 1 atom stereocenters. The van der Waals surface area contributed by atoms with Crippen LogP contribution in [0.3, 0.4) is 0 Å². The predicted molar refractivity (Wildman–Crippen MR) is 88.7 cm³/mol. The van der Waals surface area contributed by atoms with Crippen molar-refractivity contribution in [3.63, 3.8) is 0 Å². The van der Waals surface area contributed by atoms with Crippen LogP contribution in [-0.4, -0.2) is 36.5 Å². The first-order chi connectivity index (χ1) is 9.62.